The van der Waals surface area contributed by atoms with E-state index in [1.807, 2.05) is 0 Å². The monoisotopic (exact) mass is 404 g/mol. The Labute approximate surface area is 163 Å². The van der Waals surface area contributed by atoms with Crippen molar-refractivity contribution in [3.05, 3.63) is 62.9 Å². The number of halogens is 1. The lowest BCUT2D eigenvalue weighted by Crippen LogP contribution is -2.25. The summed E-state index contributed by atoms with van der Waals surface area (Å²) >= 11 is 5.99. The molecule has 2 heterocycles. The van der Waals surface area contributed by atoms with E-state index in [-0.39, 0.29) is 22.2 Å². The van der Waals surface area contributed by atoms with Crippen molar-refractivity contribution in [3.63, 3.8) is 0 Å². The van der Waals surface area contributed by atoms with Crippen molar-refractivity contribution in [1.82, 2.24) is 9.99 Å². The first kappa shape index (κ1) is 19.2. The number of ether oxygens (including phenoxy) is 2. The number of benzene rings is 1. The van der Waals surface area contributed by atoms with Gasteiger partial charge in [0.1, 0.15) is 0 Å². The van der Waals surface area contributed by atoms with E-state index in [0.717, 1.165) is 18.0 Å². The van der Waals surface area contributed by atoms with Crippen LogP contribution in [0.3, 0.4) is 0 Å². The van der Waals surface area contributed by atoms with Gasteiger partial charge in [0.05, 0.1) is 10.5 Å². The molecule has 1 aromatic carbocycles. The first-order chi connectivity index (χ1) is 13.3. The number of amides is 1. The Balaban J connectivity index is 2.12. The van der Waals surface area contributed by atoms with Crippen LogP contribution in [0.4, 0.5) is 5.69 Å². The number of nitrogens with zero attached hydrogens (tertiary/aromatic N) is 4. The number of rotatable bonds is 4. The zero-order valence-electron chi connectivity index (χ0n) is 14.7. The summed E-state index contributed by atoms with van der Waals surface area (Å²) in [6, 6.07) is 5.61. The second-order valence-electron chi connectivity index (χ2n) is 5.67. The fourth-order valence-corrected chi connectivity index (χ4v) is 2.76. The first-order valence-corrected chi connectivity index (χ1v) is 8.27. The third-order valence-corrected chi connectivity index (χ3v) is 3.88. The number of carbonyl (C=O) groups is 2. The van der Waals surface area contributed by atoms with Gasteiger partial charge in [-0.05, 0) is 18.2 Å². The SMILES string of the molecule is CC(=O)Oc1c(C2=NN(C(C)=O)[C@@H](c3ccncc3)O2)cc(Cl)cc1[N+](=O)[O-]. The van der Waals surface area contributed by atoms with Crippen molar-refractivity contribution >= 4 is 35.1 Å². The molecule has 0 radical (unpaired) electrons. The van der Waals surface area contributed by atoms with Gasteiger partial charge in [-0.15, -0.1) is 5.10 Å². The maximum absolute atomic E-state index is 12.0. The number of nitro benzene ring substituents is 1. The summed E-state index contributed by atoms with van der Waals surface area (Å²) in [5.41, 5.74) is 0.0115. The maximum Gasteiger partial charge on any atom is 0.314 e. The molecule has 2 aromatic rings. The van der Waals surface area contributed by atoms with Gasteiger partial charge >= 0.3 is 11.7 Å². The molecule has 28 heavy (non-hydrogen) atoms. The fourth-order valence-electron chi connectivity index (χ4n) is 2.54. The van der Waals surface area contributed by atoms with Gasteiger partial charge in [-0.1, -0.05) is 11.6 Å². The number of carbonyl (C=O) groups excluding carboxylic acids is 2. The lowest BCUT2D eigenvalue weighted by Gasteiger charge is -2.19. The van der Waals surface area contributed by atoms with Crippen LogP contribution in [0.15, 0.2) is 41.8 Å². The lowest BCUT2D eigenvalue weighted by molar-refractivity contribution is -0.385. The molecule has 1 aliphatic rings. The second kappa shape index (κ2) is 7.61. The van der Waals surface area contributed by atoms with Crippen molar-refractivity contribution in [1.29, 1.82) is 0 Å². The highest BCUT2D eigenvalue weighted by atomic mass is 35.5. The number of aromatic nitrogens is 1. The molecule has 0 unspecified atom stereocenters. The second-order valence-corrected chi connectivity index (χ2v) is 6.11. The Bertz CT molecular complexity index is 995. The van der Waals surface area contributed by atoms with Crippen LogP contribution in [0.1, 0.15) is 31.2 Å². The van der Waals surface area contributed by atoms with Gasteiger partial charge in [0.25, 0.3) is 0 Å². The number of hydrazone groups is 1. The molecule has 144 valence electrons. The van der Waals surface area contributed by atoms with Crippen molar-refractivity contribution < 1.29 is 24.0 Å². The minimum absolute atomic E-state index is 0.00522. The number of esters is 1. The van der Waals surface area contributed by atoms with E-state index < -0.39 is 28.7 Å². The minimum atomic E-state index is -0.918. The van der Waals surface area contributed by atoms with E-state index in [0.29, 0.717) is 5.56 Å². The smallest absolute Gasteiger partial charge is 0.314 e. The Hall–Kier alpha value is -3.53. The predicted octanol–water partition coefficient (Wildman–Crippen LogP) is 2.81. The highest BCUT2D eigenvalue weighted by Gasteiger charge is 2.36. The summed E-state index contributed by atoms with van der Waals surface area (Å²) in [7, 11) is 0. The summed E-state index contributed by atoms with van der Waals surface area (Å²) in [4.78, 5) is 38.0. The standard InChI is InChI=1S/C17H13ClN4O6/c1-9(23)21-17(11-3-5-19-6-4-11)28-16(20-21)13-7-12(18)8-14(22(25)26)15(13)27-10(2)24/h3-8,17H,1-2H3/t17-/m1/s1. The molecule has 0 fully saturated rings. The van der Waals surface area contributed by atoms with Crippen molar-refractivity contribution in [2.45, 2.75) is 20.1 Å². The number of hydrogen-bond donors (Lipinski definition) is 0. The molecule has 3 rings (SSSR count). The molecule has 0 bridgehead atoms. The van der Waals surface area contributed by atoms with Crippen LogP contribution in [0.25, 0.3) is 0 Å². The zero-order chi connectivity index (χ0) is 20.4. The van der Waals surface area contributed by atoms with Crippen LogP contribution in [-0.2, 0) is 14.3 Å². The molecular weight excluding hydrogens is 392 g/mol. The molecule has 1 aromatic heterocycles. The van der Waals surface area contributed by atoms with Crippen LogP contribution in [0, 0.1) is 10.1 Å². The van der Waals surface area contributed by atoms with Gasteiger partial charge < -0.3 is 9.47 Å². The summed E-state index contributed by atoms with van der Waals surface area (Å²) in [5.74, 6) is -1.74. The Morgan fingerprint density at radius 1 is 1.29 bits per heavy atom. The van der Waals surface area contributed by atoms with E-state index in [4.69, 9.17) is 21.1 Å². The van der Waals surface area contributed by atoms with Crippen molar-refractivity contribution in [2.75, 3.05) is 0 Å². The summed E-state index contributed by atoms with van der Waals surface area (Å²) < 4.78 is 10.8. The molecule has 1 aliphatic heterocycles. The summed E-state index contributed by atoms with van der Waals surface area (Å²) in [5, 5.41) is 16.6. The number of nitro groups is 1. The normalized spacial score (nSPS) is 15.6. The first-order valence-electron chi connectivity index (χ1n) is 7.89. The average Bonchev–Trinajstić information content (AvgIpc) is 3.08. The molecule has 0 spiro atoms. The molecule has 10 nitrogen and oxygen atoms in total. The molecule has 11 heteroatoms. The maximum atomic E-state index is 12.0. The van der Waals surface area contributed by atoms with E-state index in [9.17, 15) is 19.7 Å². The van der Waals surface area contributed by atoms with Gasteiger partial charge in [-0.2, -0.15) is 5.01 Å². The highest BCUT2D eigenvalue weighted by molar-refractivity contribution is 6.31. The summed E-state index contributed by atoms with van der Waals surface area (Å²) in [6.07, 6.45) is 2.12. The van der Waals surface area contributed by atoms with Crippen LogP contribution in [0.5, 0.6) is 5.75 Å². The number of pyridine rings is 1. The van der Waals surface area contributed by atoms with Gasteiger partial charge in [-0.3, -0.25) is 24.7 Å². The zero-order valence-corrected chi connectivity index (χ0v) is 15.4. The molecule has 0 aliphatic carbocycles. The Kier molecular flexibility index (Phi) is 5.23. The predicted molar refractivity (Wildman–Crippen MR) is 96.5 cm³/mol. The quantitative estimate of drug-likeness (QED) is 0.332. The highest BCUT2D eigenvalue weighted by Crippen LogP contribution is 2.38. The van der Waals surface area contributed by atoms with Gasteiger partial charge in [0, 0.05) is 42.9 Å². The average molecular weight is 405 g/mol. The Morgan fingerprint density at radius 2 is 1.96 bits per heavy atom. The van der Waals surface area contributed by atoms with Gasteiger partial charge in [0.15, 0.2) is 0 Å². The molecule has 1 amide bonds. The van der Waals surface area contributed by atoms with Crippen molar-refractivity contribution in [3.8, 4) is 5.75 Å². The van der Waals surface area contributed by atoms with Gasteiger partial charge in [0.2, 0.25) is 23.8 Å². The summed E-state index contributed by atoms with van der Waals surface area (Å²) in [6.45, 7) is 2.39. The van der Waals surface area contributed by atoms with Crippen LogP contribution in [-0.4, -0.2) is 32.7 Å². The number of hydrogen-bond acceptors (Lipinski definition) is 8. The molecule has 0 saturated heterocycles. The van der Waals surface area contributed by atoms with Crippen LogP contribution in [0.2, 0.25) is 5.02 Å². The third kappa shape index (κ3) is 3.76. The molecule has 1 atom stereocenters. The fraction of sp³-hybridized carbons (Fsp3) is 0.176. The Morgan fingerprint density at radius 3 is 2.54 bits per heavy atom. The van der Waals surface area contributed by atoms with E-state index in [2.05, 4.69) is 10.1 Å². The molecule has 0 N–H and O–H groups in total. The largest absolute Gasteiger partial charge is 0.446 e. The van der Waals surface area contributed by atoms with Gasteiger partial charge in [-0.25, -0.2) is 0 Å². The van der Waals surface area contributed by atoms with E-state index in [1.165, 1.54) is 25.4 Å². The van der Waals surface area contributed by atoms with E-state index >= 15 is 0 Å². The lowest BCUT2D eigenvalue weighted by atomic mass is 10.1. The third-order valence-electron chi connectivity index (χ3n) is 3.66. The topological polar surface area (TPSA) is 124 Å². The van der Waals surface area contributed by atoms with Crippen LogP contribution >= 0.6 is 11.6 Å². The van der Waals surface area contributed by atoms with Crippen LogP contribution < -0.4 is 4.74 Å². The van der Waals surface area contributed by atoms with E-state index in [1.54, 1.807) is 12.1 Å². The minimum Gasteiger partial charge on any atom is -0.446 e. The molecular formula is C17H13ClN4O6. The van der Waals surface area contributed by atoms with Crippen molar-refractivity contribution in [2.24, 2.45) is 5.10 Å². The molecule has 0 saturated carbocycles.